The summed E-state index contributed by atoms with van der Waals surface area (Å²) in [5.74, 6) is 0. The van der Waals surface area contributed by atoms with Gasteiger partial charge in [-0.15, -0.1) is 0 Å². The molecular weight excluding hydrogens is 284 g/mol. The SMILES string of the molecule is C/C(CN1CCCCC1)=N\OCCCNc1c(N)c(=O)c1=O. The molecule has 1 aromatic carbocycles. The molecule has 1 aromatic rings. The molecule has 2 rings (SSSR count). The smallest absolute Gasteiger partial charge is 0.253 e. The maximum Gasteiger partial charge on any atom is 0.253 e. The number of nitrogens with two attached hydrogens (primary N) is 1. The van der Waals surface area contributed by atoms with E-state index in [9.17, 15) is 9.59 Å². The van der Waals surface area contributed by atoms with Crippen molar-refractivity contribution in [1.29, 1.82) is 0 Å². The van der Waals surface area contributed by atoms with E-state index in [2.05, 4.69) is 15.4 Å². The van der Waals surface area contributed by atoms with Crippen molar-refractivity contribution in [3.8, 4) is 0 Å². The van der Waals surface area contributed by atoms with Crippen molar-refractivity contribution < 1.29 is 4.84 Å². The quantitative estimate of drug-likeness (QED) is 0.315. The Labute approximate surface area is 129 Å². The lowest BCUT2D eigenvalue weighted by Gasteiger charge is -2.25. The van der Waals surface area contributed by atoms with Crippen LogP contribution >= 0.6 is 0 Å². The molecule has 1 heterocycles. The van der Waals surface area contributed by atoms with Gasteiger partial charge in [-0.2, -0.15) is 0 Å². The molecule has 0 aromatic heterocycles. The molecule has 1 saturated heterocycles. The van der Waals surface area contributed by atoms with Gasteiger partial charge in [-0.05, 0) is 32.9 Å². The summed E-state index contributed by atoms with van der Waals surface area (Å²) in [4.78, 5) is 29.7. The van der Waals surface area contributed by atoms with E-state index >= 15 is 0 Å². The Morgan fingerprint density at radius 1 is 1.27 bits per heavy atom. The van der Waals surface area contributed by atoms with Gasteiger partial charge in [0, 0.05) is 19.5 Å². The van der Waals surface area contributed by atoms with E-state index in [0.717, 1.165) is 25.3 Å². The highest BCUT2D eigenvalue weighted by Gasteiger charge is 2.16. The monoisotopic (exact) mass is 308 g/mol. The van der Waals surface area contributed by atoms with Crippen LogP contribution in [0.3, 0.4) is 0 Å². The van der Waals surface area contributed by atoms with Gasteiger partial charge in [0.25, 0.3) is 10.9 Å². The second-order valence-corrected chi connectivity index (χ2v) is 5.72. The van der Waals surface area contributed by atoms with E-state index in [1.165, 1.54) is 19.3 Å². The maximum atomic E-state index is 11.2. The van der Waals surface area contributed by atoms with Crippen LogP contribution in [0.25, 0.3) is 0 Å². The van der Waals surface area contributed by atoms with Crippen molar-refractivity contribution >= 4 is 17.1 Å². The molecule has 7 heteroatoms. The summed E-state index contributed by atoms with van der Waals surface area (Å²) in [5, 5.41) is 6.95. The van der Waals surface area contributed by atoms with Crippen molar-refractivity contribution in [1.82, 2.24) is 4.90 Å². The fourth-order valence-electron chi connectivity index (χ4n) is 2.56. The Hall–Kier alpha value is -1.89. The molecule has 0 saturated carbocycles. The van der Waals surface area contributed by atoms with E-state index in [-0.39, 0.29) is 11.4 Å². The number of hydrogen-bond acceptors (Lipinski definition) is 7. The fraction of sp³-hybridized carbons (Fsp3) is 0.667. The number of piperidine rings is 1. The number of oxime groups is 1. The first kappa shape index (κ1) is 16.5. The Kier molecular flexibility index (Phi) is 5.94. The Balaban J connectivity index is 1.57. The minimum Gasteiger partial charge on any atom is -0.396 e. The number of nitrogens with one attached hydrogen (secondary N) is 1. The number of nitrogens with zero attached hydrogens (tertiary/aromatic N) is 2. The Bertz CT molecular complexity index is 584. The molecular formula is C15H24N4O3. The minimum absolute atomic E-state index is 0.0290. The van der Waals surface area contributed by atoms with E-state index in [1.807, 2.05) is 6.92 Å². The fourth-order valence-corrected chi connectivity index (χ4v) is 2.56. The van der Waals surface area contributed by atoms with Crippen molar-refractivity contribution in [2.75, 3.05) is 43.8 Å². The van der Waals surface area contributed by atoms with E-state index in [4.69, 9.17) is 10.6 Å². The molecule has 0 aliphatic carbocycles. The standard InChI is InChI=1S/C15H24N4O3/c1-11(10-19-7-3-2-4-8-19)18-22-9-5-6-17-13-12(16)14(20)15(13)21/h17H,2-10,16H2,1H3/b18-11+. The third-order valence-corrected chi connectivity index (χ3v) is 3.78. The molecule has 3 N–H and O–H groups in total. The van der Waals surface area contributed by atoms with Gasteiger partial charge in [0.05, 0.1) is 5.71 Å². The molecule has 122 valence electrons. The molecule has 0 unspecified atom stereocenters. The van der Waals surface area contributed by atoms with Crippen LogP contribution in [0.2, 0.25) is 0 Å². The molecule has 0 atom stereocenters. The molecule has 1 fully saturated rings. The molecule has 7 nitrogen and oxygen atoms in total. The highest BCUT2D eigenvalue weighted by atomic mass is 16.6. The zero-order valence-corrected chi connectivity index (χ0v) is 13.1. The topological polar surface area (TPSA) is 97.0 Å². The van der Waals surface area contributed by atoms with E-state index in [0.29, 0.717) is 19.6 Å². The molecule has 1 aliphatic rings. The highest BCUT2D eigenvalue weighted by molar-refractivity contribution is 5.83. The average molecular weight is 308 g/mol. The van der Waals surface area contributed by atoms with Gasteiger partial charge in [-0.25, -0.2) is 0 Å². The normalized spacial score (nSPS) is 16.9. The van der Waals surface area contributed by atoms with Crippen LogP contribution in [0.1, 0.15) is 32.6 Å². The van der Waals surface area contributed by atoms with Gasteiger partial charge >= 0.3 is 0 Å². The van der Waals surface area contributed by atoms with E-state index < -0.39 is 10.9 Å². The first-order valence-electron chi connectivity index (χ1n) is 7.80. The lowest BCUT2D eigenvalue weighted by atomic mass is 10.1. The van der Waals surface area contributed by atoms with Crippen molar-refractivity contribution in [3.63, 3.8) is 0 Å². The first-order chi connectivity index (χ1) is 10.6. The van der Waals surface area contributed by atoms with Gasteiger partial charge in [0.15, 0.2) is 0 Å². The number of nitrogen functional groups attached to an aromatic ring is 1. The van der Waals surface area contributed by atoms with Crippen LogP contribution in [0.15, 0.2) is 14.7 Å². The van der Waals surface area contributed by atoms with Crippen molar-refractivity contribution in [3.05, 3.63) is 20.4 Å². The first-order valence-corrected chi connectivity index (χ1v) is 7.80. The van der Waals surface area contributed by atoms with Crippen LogP contribution in [0.4, 0.5) is 11.4 Å². The third-order valence-electron chi connectivity index (χ3n) is 3.78. The van der Waals surface area contributed by atoms with Crippen molar-refractivity contribution in [2.24, 2.45) is 5.16 Å². The zero-order chi connectivity index (χ0) is 15.9. The van der Waals surface area contributed by atoms with Crippen LogP contribution in [-0.4, -0.2) is 43.4 Å². The zero-order valence-electron chi connectivity index (χ0n) is 13.1. The predicted octanol–water partition coefficient (Wildman–Crippen LogP) is 0.545. The summed E-state index contributed by atoms with van der Waals surface area (Å²) in [6.45, 7) is 6.09. The predicted molar refractivity (Wildman–Crippen MR) is 88.2 cm³/mol. The number of hydrogen-bond donors (Lipinski definition) is 2. The largest absolute Gasteiger partial charge is 0.396 e. The molecule has 1 aliphatic heterocycles. The molecule has 22 heavy (non-hydrogen) atoms. The Morgan fingerprint density at radius 2 is 2.00 bits per heavy atom. The lowest BCUT2D eigenvalue weighted by Crippen LogP contribution is -2.37. The van der Waals surface area contributed by atoms with Crippen LogP contribution in [0.5, 0.6) is 0 Å². The lowest BCUT2D eigenvalue weighted by molar-refractivity contribution is 0.141. The van der Waals surface area contributed by atoms with Gasteiger partial charge < -0.3 is 15.9 Å². The minimum atomic E-state index is -0.600. The van der Waals surface area contributed by atoms with Gasteiger partial charge in [-0.3, -0.25) is 14.5 Å². The number of likely N-dealkylation sites (tertiary alicyclic amines) is 1. The van der Waals surface area contributed by atoms with E-state index in [1.54, 1.807) is 0 Å². The third kappa shape index (κ3) is 4.30. The van der Waals surface area contributed by atoms with Gasteiger partial charge in [-0.1, -0.05) is 11.6 Å². The van der Waals surface area contributed by atoms with Crippen LogP contribution in [-0.2, 0) is 4.84 Å². The average Bonchev–Trinajstić information content (AvgIpc) is 2.54. The summed E-state index contributed by atoms with van der Waals surface area (Å²) >= 11 is 0. The molecule has 0 spiro atoms. The highest BCUT2D eigenvalue weighted by Crippen LogP contribution is 2.09. The van der Waals surface area contributed by atoms with Crippen molar-refractivity contribution in [2.45, 2.75) is 32.6 Å². The summed E-state index contributed by atoms with van der Waals surface area (Å²) in [5.41, 5.74) is 5.52. The molecule has 0 radical (unpaired) electrons. The number of anilines is 2. The molecule has 0 amide bonds. The van der Waals surface area contributed by atoms with Crippen LogP contribution < -0.4 is 21.9 Å². The summed E-state index contributed by atoms with van der Waals surface area (Å²) in [6, 6.07) is 0. The summed E-state index contributed by atoms with van der Waals surface area (Å²) < 4.78 is 0. The van der Waals surface area contributed by atoms with Gasteiger partial charge in [0.1, 0.15) is 18.0 Å². The summed E-state index contributed by atoms with van der Waals surface area (Å²) in [6.07, 6.45) is 4.53. The number of rotatable bonds is 8. The maximum absolute atomic E-state index is 11.2. The van der Waals surface area contributed by atoms with Crippen LogP contribution in [0, 0.1) is 0 Å². The second-order valence-electron chi connectivity index (χ2n) is 5.72. The second kappa shape index (κ2) is 7.93. The van der Waals surface area contributed by atoms with Gasteiger partial charge in [0.2, 0.25) is 0 Å². The molecule has 0 bridgehead atoms. The Morgan fingerprint density at radius 3 is 2.68 bits per heavy atom. The summed E-state index contributed by atoms with van der Waals surface area (Å²) in [7, 11) is 0.